The zero-order valence-electron chi connectivity index (χ0n) is 21.7. The summed E-state index contributed by atoms with van der Waals surface area (Å²) in [5.74, 6) is 0.739. The highest BCUT2D eigenvalue weighted by atomic mass is 19.1. The number of piperidine rings is 1. The van der Waals surface area contributed by atoms with E-state index in [1.54, 1.807) is 16.9 Å². The van der Waals surface area contributed by atoms with Crippen LogP contribution < -0.4 is 0 Å². The molecule has 0 spiro atoms. The first kappa shape index (κ1) is 24.3. The first-order valence-corrected chi connectivity index (χ1v) is 13.7. The van der Waals surface area contributed by atoms with Gasteiger partial charge in [0.1, 0.15) is 11.6 Å². The maximum Gasteiger partial charge on any atom is 0.125 e. The van der Waals surface area contributed by atoms with Crippen LogP contribution in [0.3, 0.4) is 0 Å². The fourth-order valence-electron chi connectivity index (χ4n) is 5.87. The molecule has 0 N–H and O–H groups in total. The molecule has 6 rings (SSSR count). The molecule has 37 heavy (non-hydrogen) atoms. The second-order valence-electron chi connectivity index (χ2n) is 10.2. The van der Waals surface area contributed by atoms with E-state index in [2.05, 4.69) is 49.7 Å². The molecule has 2 fully saturated rings. The molecule has 0 aliphatic carbocycles. The molecule has 2 aromatic heterocycles. The summed E-state index contributed by atoms with van der Waals surface area (Å²) in [7, 11) is 0. The van der Waals surface area contributed by atoms with Gasteiger partial charge in [-0.05, 0) is 61.7 Å². The third-order valence-electron chi connectivity index (χ3n) is 7.81. The predicted molar refractivity (Wildman–Crippen MR) is 144 cm³/mol. The molecular formula is C29H36FN7. The topological polar surface area (TPSA) is 45.4 Å². The van der Waals surface area contributed by atoms with Crippen molar-refractivity contribution < 1.29 is 4.39 Å². The van der Waals surface area contributed by atoms with Gasteiger partial charge in [-0.2, -0.15) is 5.10 Å². The molecule has 0 atom stereocenters. The molecule has 2 saturated heterocycles. The van der Waals surface area contributed by atoms with Gasteiger partial charge in [0, 0.05) is 65.0 Å². The Kier molecular flexibility index (Phi) is 7.04. The number of hydrogen-bond donors (Lipinski definition) is 0. The molecule has 2 aromatic carbocycles. The van der Waals surface area contributed by atoms with E-state index >= 15 is 0 Å². The lowest BCUT2D eigenvalue weighted by atomic mass is 10.1. The monoisotopic (exact) mass is 501 g/mol. The number of aryl methyl sites for hydroxylation is 1. The minimum atomic E-state index is -0.264. The summed E-state index contributed by atoms with van der Waals surface area (Å²) < 4.78 is 17.9. The highest BCUT2D eigenvalue weighted by Gasteiger charge is 2.23. The predicted octanol–water partition coefficient (Wildman–Crippen LogP) is 4.49. The van der Waals surface area contributed by atoms with Gasteiger partial charge >= 0.3 is 0 Å². The standard InChI is InChI=1S/C29H36FN7/c1-2-36-28-10-9-23(22-33-15-17-35(18-16-33)34-13-4-3-5-14-34)19-27(28)32-29(36)21-26-11-12-31-37(26)25-8-6-7-24(30)20-25/h6-12,19-20H,2-5,13-18,21-22H2,1H3. The number of rotatable bonds is 7. The minimum absolute atomic E-state index is 0.264. The summed E-state index contributed by atoms with van der Waals surface area (Å²) in [5.41, 5.74) is 5.23. The molecule has 2 aliphatic heterocycles. The summed E-state index contributed by atoms with van der Waals surface area (Å²) in [6.07, 6.45) is 6.44. The Labute approximate surface area is 218 Å². The molecule has 4 heterocycles. The average Bonchev–Trinajstić information content (AvgIpc) is 3.53. The summed E-state index contributed by atoms with van der Waals surface area (Å²) in [6.45, 7) is 10.9. The first-order chi connectivity index (χ1) is 18.2. The van der Waals surface area contributed by atoms with Crippen molar-refractivity contribution in [2.45, 2.75) is 45.7 Å². The third-order valence-corrected chi connectivity index (χ3v) is 7.81. The van der Waals surface area contributed by atoms with Crippen LogP contribution >= 0.6 is 0 Å². The van der Waals surface area contributed by atoms with Gasteiger partial charge in [0.2, 0.25) is 0 Å². The van der Waals surface area contributed by atoms with Gasteiger partial charge in [0.05, 0.1) is 22.4 Å². The summed E-state index contributed by atoms with van der Waals surface area (Å²) >= 11 is 0. The van der Waals surface area contributed by atoms with Crippen LogP contribution in [-0.4, -0.2) is 73.5 Å². The molecule has 4 aromatic rings. The van der Waals surface area contributed by atoms with Gasteiger partial charge in [-0.25, -0.2) is 24.1 Å². The lowest BCUT2D eigenvalue weighted by Gasteiger charge is -2.42. The van der Waals surface area contributed by atoms with E-state index in [9.17, 15) is 4.39 Å². The number of imidazole rings is 1. The van der Waals surface area contributed by atoms with Crippen molar-refractivity contribution >= 4 is 11.0 Å². The summed E-state index contributed by atoms with van der Waals surface area (Å²) in [4.78, 5) is 7.62. The Balaban J connectivity index is 1.17. The SMILES string of the molecule is CCn1c(Cc2ccnn2-c2cccc(F)c2)nc2cc(CN3CCN(N4CCCCC4)CC3)ccc21. The van der Waals surface area contributed by atoms with E-state index in [1.807, 2.05) is 12.1 Å². The van der Waals surface area contributed by atoms with Gasteiger partial charge in [0.15, 0.2) is 0 Å². The molecule has 0 radical (unpaired) electrons. The zero-order valence-corrected chi connectivity index (χ0v) is 21.7. The van der Waals surface area contributed by atoms with Crippen molar-refractivity contribution in [1.82, 2.24) is 34.2 Å². The number of halogens is 1. The molecule has 0 saturated carbocycles. The third kappa shape index (κ3) is 5.19. The number of hydrogen-bond acceptors (Lipinski definition) is 5. The van der Waals surface area contributed by atoms with Gasteiger partial charge in [0.25, 0.3) is 0 Å². The van der Waals surface area contributed by atoms with Crippen LogP contribution in [0.15, 0.2) is 54.7 Å². The quantitative estimate of drug-likeness (QED) is 0.373. The average molecular weight is 502 g/mol. The molecule has 194 valence electrons. The van der Waals surface area contributed by atoms with E-state index in [4.69, 9.17) is 4.98 Å². The Hall–Kier alpha value is -3.07. The fraction of sp³-hybridized carbons (Fsp3) is 0.448. The van der Waals surface area contributed by atoms with Crippen LogP contribution in [0.5, 0.6) is 0 Å². The Morgan fingerprint density at radius 2 is 1.68 bits per heavy atom. The van der Waals surface area contributed by atoms with Gasteiger partial charge < -0.3 is 4.57 Å². The number of fused-ring (bicyclic) bond motifs is 1. The van der Waals surface area contributed by atoms with Crippen LogP contribution in [0.4, 0.5) is 4.39 Å². The molecule has 0 unspecified atom stereocenters. The van der Waals surface area contributed by atoms with Crippen molar-refractivity contribution in [3.8, 4) is 5.69 Å². The van der Waals surface area contributed by atoms with Crippen molar-refractivity contribution in [2.75, 3.05) is 39.3 Å². The first-order valence-electron chi connectivity index (χ1n) is 13.7. The molecule has 7 nitrogen and oxygen atoms in total. The Bertz CT molecular complexity index is 1350. The number of benzene rings is 2. The normalized spacial score (nSPS) is 18.1. The second-order valence-corrected chi connectivity index (χ2v) is 10.2. The Morgan fingerprint density at radius 3 is 2.46 bits per heavy atom. The number of piperazine rings is 1. The van der Waals surface area contributed by atoms with E-state index in [0.29, 0.717) is 6.42 Å². The van der Waals surface area contributed by atoms with Gasteiger partial charge in [-0.3, -0.25) is 4.90 Å². The highest BCUT2D eigenvalue weighted by Crippen LogP contribution is 2.23. The zero-order chi connectivity index (χ0) is 25.2. The van der Waals surface area contributed by atoms with Gasteiger partial charge in [-0.1, -0.05) is 18.6 Å². The van der Waals surface area contributed by atoms with E-state index in [1.165, 1.54) is 50.0 Å². The van der Waals surface area contributed by atoms with Crippen LogP contribution in [0.1, 0.15) is 43.3 Å². The van der Waals surface area contributed by atoms with Crippen LogP contribution in [0.2, 0.25) is 0 Å². The fourth-order valence-corrected chi connectivity index (χ4v) is 5.87. The van der Waals surface area contributed by atoms with Crippen molar-refractivity contribution in [1.29, 1.82) is 0 Å². The largest absolute Gasteiger partial charge is 0.328 e. The molecular weight excluding hydrogens is 465 g/mol. The van der Waals surface area contributed by atoms with Crippen molar-refractivity contribution in [3.05, 3.63) is 77.6 Å². The molecule has 2 aliphatic rings. The number of aromatic nitrogens is 4. The van der Waals surface area contributed by atoms with Crippen LogP contribution in [0.25, 0.3) is 16.7 Å². The molecule has 8 heteroatoms. The second kappa shape index (κ2) is 10.7. The van der Waals surface area contributed by atoms with E-state index in [0.717, 1.165) is 67.5 Å². The summed E-state index contributed by atoms with van der Waals surface area (Å²) in [6, 6.07) is 15.3. The Morgan fingerprint density at radius 1 is 0.865 bits per heavy atom. The van der Waals surface area contributed by atoms with Gasteiger partial charge in [-0.15, -0.1) is 0 Å². The van der Waals surface area contributed by atoms with E-state index < -0.39 is 0 Å². The van der Waals surface area contributed by atoms with Crippen LogP contribution in [-0.2, 0) is 19.5 Å². The lowest BCUT2D eigenvalue weighted by Crippen LogP contribution is -2.54. The minimum Gasteiger partial charge on any atom is -0.328 e. The molecule has 0 bridgehead atoms. The van der Waals surface area contributed by atoms with Crippen molar-refractivity contribution in [2.24, 2.45) is 0 Å². The van der Waals surface area contributed by atoms with E-state index in [-0.39, 0.29) is 5.82 Å². The maximum atomic E-state index is 13.8. The highest BCUT2D eigenvalue weighted by molar-refractivity contribution is 5.77. The number of nitrogens with zero attached hydrogens (tertiary/aromatic N) is 7. The molecule has 0 amide bonds. The summed E-state index contributed by atoms with van der Waals surface area (Å²) in [5, 5.41) is 9.60. The van der Waals surface area contributed by atoms with Crippen molar-refractivity contribution in [3.63, 3.8) is 0 Å². The lowest BCUT2D eigenvalue weighted by molar-refractivity contribution is -0.0692. The number of hydrazine groups is 1. The van der Waals surface area contributed by atoms with Crippen LogP contribution in [0, 0.1) is 5.82 Å². The smallest absolute Gasteiger partial charge is 0.125 e. The maximum absolute atomic E-state index is 13.8.